The van der Waals surface area contributed by atoms with Gasteiger partial charge in [0, 0.05) is 12.5 Å². The zero-order valence-electron chi connectivity index (χ0n) is 8.91. The van der Waals surface area contributed by atoms with Crippen LogP contribution in [0.3, 0.4) is 0 Å². The van der Waals surface area contributed by atoms with Crippen molar-refractivity contribution in [2.75, 3.05) is 0 Å². The molecule has 80 valence electrons. The molecule has 0 aromatic heterocycles. The van der Waals surface area contributed by atoms with Gasteiger partial charge in [0.05, 0.1) is 5.70 Å². The molecule has 0 heterocycles. The van der Waals surface area contributed by atoms with Gasteiger partial charge in [0.15, 0.2) is 0 Å². The summed E-state index contributed by atoms with van der Waals surface area (Å²) < 4.78 is 0. The van der Waals surface area contributed by atoms with E-state index in [1.54, 1.807) is 18.2 Å². The third kappa shape index (κ3) is 1.67. The fourth-order valence-corrected chi connectivity index (χ4v) is 1.71. The summed E-state index contributed by atoms with van der Waals surface area (Å²) in [6.45, 7) is 5.24. The van der Waals surface area contributed by atoms with E-state index in [-0.39, 0.29) is 17.4 Å². The standard InChI is InChI=1S/C13H11NO2/c1-8-7-12(14-9(2)15)13(16)11-6-4-3-5-10(8)11/h3-7H,1H2,2H3,(H,14,15). The molecule has 1 N–H and O–H groups in total. The fraction of sp³-hybridized carbons (Fsp3) is 0.0769. The highest BCUT2D eigenvalue weighted by Gasteiger charge is 2.22. The highest BCUT2D eigenvalue weighted by Crippen LogP contribution is 2.26. The summed E-state index contributed by atoms with van der Waals surface area (Å²) >= 11 is 0. The molecule has 1 aromatic carbocycles. The molecule has 3 heteroatoms. The van der Waals surface area contributed by atoms with Crippen LogP contribution in [0.15, 0.2) is 42.6 Å². The predicted molar refractivity (Wildman–Crippen MR) is 61.7 cm³/mol. The summed E-state index contributed by atoms with van der Waals surface area (Å²) in [6.07, 6.45) is 1.60. The van der Waals surface area contributed by atoms with Crippen LogP contribution in [0.25, 0.3) is 5.57 Å². The van der Waals surface area contributed by atoms with Gasteiger partial charge in [-0.25, -0.2) is 0 Å². The van der Waals surface area contributed by atoms with Gasteiger partial charge in [-0.2, -0.15) is 0 Å². The molecule has 0 aliphatic heterocycles. The van der Waals surface area contributed by atoms with E-state index in [1.165, 1.54) is 6.92 Å². The lowest BCUT2D eigenvalue weighted by atomic mass is 9.90. The van der Waals surface area contributed by atoms with Crippen LogP contribution in [-0.2, 0) is 4.79 Å². The number of hydrogen-bond donors (Lipinski definition) is 1. The normalized spacial score (nSPS) is 14.2. The third-order valence-corrected chi connectivity index (χ3v) is 2.39. The molecule has 1 aromatic rings. The average Bonchev–Trinajstić information content (AvgIpc) is 2.25. The SMILES string of the molecule is C=C1C=C(NC(C)=O)C(=O)c2ccccc21. The van der Waals surface area contributed by atoms with Crippen LogP contribution in [0.4, 0.5) is 0 Å². The minimum Gasteiger partial charge on any atom is -0.323 e. The number of carbonyl (C=O) groups excluding carboxylic acids is 2. The van der Waals surface area contributed by atoms with E-state index < -0.39 is 0 Å². The highest BCUT2D eigenvalue weighted by atomic mass is 16.2. The van der Waals surface area contributed by atoms with E-state index in [0.717, 1.165) is 11.1 Å². The first-order valence-electron chi connectivity index (χ1n) is 4.92. The van der Waals surface area contributed by atoms with Crippen molar-refractivity contribution < 1.29 is 9.59 Å². The zero-order valence-corrected chi connectivity index (χ0v) is 8.91. The van der Waals surface area contributed by atoms with Crippen molar-refractivity contribution in [1.82, 2.24) is 5.32 Å². The van der Waals surface area contributed by atoms with Gasteiger partial charge >= 0.3 is 0 Å². The van der Waals surface area contributed by atoms with Crippen LogP contribution in [0.1, 0.15) is 22.8 Å². The molecule has 16 heavy (non-hydrogen) atoms. The Balaban J connectivity index is 2.47. The zero-order chi connectivity index (χ0) is 11.7. The molecule has 0 radical (unpaired) electrons. The summed E-state index contributed by atoms with van der Waals surface area (Å²) in [7, 11) is 0. The number of fused-ring (bicyclic) bond motifs is 1. The Morgan fingerprint density at radius 3 is 2.50 bits per heavy atom. The number of hydrogen-bond acceptors (Lipinski definition) is 2. The molecule has 0 unspecified atom stereocenters. The molecule has 1 amide bonds. The second-order valence-corrected chi connectivity index (χ2v) is 3.64. The van der Waals surface area contributed by atoms with Crippen LogP contribution >= 0.6 is 0 Å². The summed E-state index contributed by atoms with van der Waals surface area (Å²) in [5.74, 6) is -0.426. The van der Waals surface area contributed by atoms with Crippen molar-refractivity contribution in [2.24, 2.45) is 0 Å². The van der Waals surface area contributed by atoms with Crippen molar-refractivity contribution in [3.8, 4) is 0 Å². The van der Waals surface area contributed by atoms with Crippen LogP contribution in [-0.4, -0.2) is 11.7 Å². The Bertz CT molecular complexity index is 526. The number of allylic oxidation sites excluding steroid dienone is 3. The van der Waals surface area contributed by atoms with E-state index in [4.69, 9.17) is 0 Å². The van der Waals surface area contributed by atoms with E-state index in [9.17, 15) is 9.59 Å². The molecular formula is C13H11NO2. The highest BCUT2D eigenvalue weighted by molar-refractivity contribution is 6.16. The maximum absolute atomic E-state index is 12.0. The molecule has 0 saturated heterocycles. The molecule has 0 atom stereocenters. The molecule has 2 rings (SSSR count). The first-order valence-corrected chi connectivity index (χ1v) is 4.92. The molecule has 0 saturated carbocycles. The lowest BCUT2D eigenvalue weighted by Gasteiger charge is -2.17. The number of benzene rings is 1. The first-order chi connectivity index (χ1) is 7.59. The van der Waals surface area contributed by atoms with E-state index in [2.05, 4.69) is 11.9 Å². The minimum atomic E-state index is -0.258. The predicted octanol–water partition coefficient (Wildman–Crippen LogP) is 1.92. The van der Waals surface area contributed by atoms with Crippen LogP contribution in [0.2, 0.25) is 0 Å². The van der Waals surface area contributed by atoms with Crippen LogP contribution in [0.5, 0.6) is 0 Å². The van der Waals surface area contributed by atoms with E-state index in [0.29, 0.717) is 5.56 Å². The second kappa shape index (κ2) is 3.77. The number of Topliss-reactive ketones (excluding diaryl/α,β-unsaturated/α-hetero) is 1. The van der Waals surface area contributed by atoms with Gasteiger partial charge in [0.25, 0.3) is 0 Å². The summed E-state index contributed by atoms with van der Waals surface area (Å²) in [5.41, 5.74) is 2.43. The largest absolute Gasteiger partial charge is 0.323 e. The first kappa shape index (κ1) is 10.4. The lowest BCUT2D eigenvalue weighted by Crippen LogP contribution is -2.27. The molecule has 1 aliphatic carbocycles. The molecule has 0 spiro atoms. The van der Waals surface area contributed by atoms with Crippen LogP contribution < -0.4 is 5.32 Å². The summed E-state index contributed by atoms with van der Waals surface area (Å²) in [6, 6.07) is 7.23. The summed E-state index contributed by atoms with van der Waals surface area (Å²) in [5, 5.41) is 2.51. The summed E-state index contributed by atoms with van der Waals surface area (Å²) in [4.78, 5) is 22.9. The van der Waals surface area contributed by atoms with E-state index in [1.807, 2.05) is 12.1 Å². The monoisotopic (exact) mass is 213 g/mol. The Hall–Kier alpha value is -2.16. The van der Waals surface area contributed by atoms with Gasteiger partial charge in [-0.15, -0.1) is 0 Å². The molecular weight excluding hydrogens is 202 g/mol. The van der Waals surface area contributed by atoms with Gasteiger partial charge in [-0.1, -0.05) is 30.8 Å². The second-order valence-electron chi connectivity index (χ2n) is 3.64. The number of amides is 1. The third-order valence-electron chi connectivity index (χ3n) is 2.39. The smallest absolute Gasteiger partial charge is 0.221 e. The van der Waals surface area contributed by atoms with Gasteiger partial charge in [0.2, 0.25) is 11.7 Å². The van der Waals surface area contributed by atoms with Gasteiger partial charge in [-0.3, -0.25) is 9.59 Å². The Morgan fingerprint density at radius 2 is 1.88 bits per heavy atom. The Labute approximate surface area is 93.5 Å². The average molecular weight is 213 g/mol. The minimum absolute atomic E-state index is 0.168. The van der Waals surface area contributed by atoms with Crippen molar-refractivity contribution in [3.05, 3.63) is 53.7 Å². The molecule has 0 fully saturated rings. The van der Waals surface area contributed by atoms with Gasteiger partial charge in [0.1, 0.15) is 0 Å². The van der Waals surface area contributed by atoms with E-state index >= 15 is 0 Å². The van der Waals surface area contributed by atoms with Crippen molar-refractivity contribution in [3.63, 3.8) is 0 Å². The molecule has 3 nitrogen and oxygen atoms in total. The Morgan fingerprint density at radius 1 is 1.25 bits per heavy atom. The lowest BCUT2D eigenvalue weighted by molar-refractivity contribution is -0.118. The number of rotatable bonds is 1. The van der Waals surface area contributed by atoms with Crippen LogP contribution in [0, 0.1) is 0 Å². The quantitative estimate of drug-likeness (QED) is 0.774. The van der Waals surface area contributed by atoms with Crippen molar-refractivity contribution in [2.45, 2.75) is 6.92 Å². The maximum atomic E-state index is 12.0. The van der Waals surface area contributed by atoms with Gasteiger partial charge < -0.3 is 5.32 Å². The number of carbonyl (C=O) groups is 2. The van der Waals surface area contributed by atoms with Crippen molar-refractivity contribution in [1.29, 1.82) is 0 Å². The number of nitrogens with one attached hydrogen (secondary N) is 1. The van der Waals surface area contributed by atoms with Gasteiger partial charge in [-0.05, 0) is 17.2 Å². The maximum Gasteiger partial charge on any atom is 0.221 e. The topological polar surface area (TPSA) is 46.2 Å². The molecule has 1 aliphatic rings. The Kier molecular flexibility index (Phi) is 2.44. The molecule has 0 bridgehead atoms. The number of ketones is 1. The van der Waals surface area contributed by atoms with Crippen molar-refractivity contribution >= 4 is 17.3 Å². The fourth-order valence-electron chi connectivity index (χ4n) is 1.71.